The first-order valence-electron chi connectivity index (χ1n) is 10.1. The average Bonchev–Trinajstić information content (AvgIpc) is 2.73. The molecule has 0 saturated carbocycles. The molecular weight excluding hydrogens is 392 g/mol. The predicted molar refractivity (Wildman–Crippen MR) is 122 cm³/mol. The summed E-state index contributed by atoms with van der Waals surface area (Å²) in [5.41, 5.74) is 1.87. The number of methoxy groups -OCH3 is 1. The smallest absolute Gasteiger partial charge is 0.239 e. The summed E-state index contributed by atoms with van der Waals surface area (Å²) in [5, 5.41) is 4.94. The topological polar surface area (TPSA) is 74.8 Å². The highest BCUT2D eigenvalue weighted by atomic mass is 16.5. The molecule has 0 aliphatic carbocycles. The molecule has 0 aliphatic rings. The summed E-state index contributed by atoms with van der Waals surface area (Å²) in [6.45, 7) is 2.61. The minimum absolute atomic E-state index is 0.0567. The molecule has 7 nitrogen and oxygen atoms in total. The van der Waals surface area contributed by atoms with Crippen molar-refractivity contribution in [1.29, 1.82) is 0 Å². The lowest BCUT2D eigenvalue weighted by Crippen LogP contribution is -2.39. The van der Waals surface area contributed by atoms with Crippen LogP contribution in [-0.2, 0) is 16.1 Å². The number of anilines is 1. The van der Waals surface area contributed by atoms with E-state index in [1.807, 2.05) is 49.4 Å². The molecule has 2 amide bonds. The van der Waals surface area contributed by atoms with Crippen LogP contribution in [0.2, 0.25) is 0 Å². The number of ether oxygens (including phenoxy) is 1. The summed E-state index contributed by atoms with van der Waals surface area (Å²) in [7, 11) is 5.17. The van der Waals surface area contributed by atoms with Gasteiger partial charge >= 0.3 is 0 Å². The number of amides is 2. The number of likely N-dealkylation sites (N-methyl/N-ethyl adjacent to an activating group) is 2. The second-order valence-electron chi connectivity index (χ2n) is 7.68. The van der Waals surface area contributed by atoms with E-state index in [-0.39, 0.29) is 24.9 Å². The first-order chi connectivity index (χ1) is 14.8. The minimum atomic E-state index is -0.207. The van der Waals surface area contributed by atoms with Gasteiger partial charge in [-0.3, -0.25) is 14.5 Å². The number of fused-ring (bicyclic) bond motifs is 1. The zero-order chi connectivity index (χ0) is 22.4. The van der Waals surface area contributed by atoms with Crippen molar-refractivity contribution in [3.8, 4) is 5.75 Å². The third-order valence-corrected chi connectivity index (χ3v) is 4.93. The highest BCUT2D eigenvalue weighted by molar-refractivity contribution is 5.91. The summed E-state index contributed by atoms with van der Waals surface area (Å²) < 4.78 is 5.26. The summed E-state index contributed by atoms with van der Waals surface area (Å²) in [6.07, 6.45) is 0. The standard InChI is InChI=1S/C24H28N4O3/c1-17-6-5-7-22(25-17)26-23(29)15-27(2)16-24(30)28(3)14-18-8-9-20-13-21(31-4)11-10-19(20)12-18/h5-13H,14-16H2,1-4H3,(H,25,26,29). The Balaban J connectivity index is 1.52. The molecule has 0 fully saturated rings. The maximum Gasteiger partial charge on any atom is 0.239 e. The van der Waals surface area contributed by atoms with Gasteiger partial charge in [0.05, 0.1) is 20.2 Å². The first kappa shape index (κ1) is 22.2. The zero-order valence-corrected chi connectivity index (χ0v) is 18.4. The maximum absolute atomic E-state index is 12.6. The average molecular weight is 421 g/mol. The van der Waals surface area contributed by atoms with Crippen LogP contribution in [0.3, 0.4) is 0 Å². The molecule has 7 heteroatoms. The molecule has 0 spiro atoms. The lowest BCUT2D eigenvalue weighted by atomic mass is 10.1. The first-order valence-corrected chi connectivity index (χ1v) is 10.1. The van der Waals surface area contributed by atoms with Crippen molar-refractivity contribution in [2.24, 2.45) is 0 Å². The van der Waals surface area contributed by atoms with Crippen LogP contribution in [0.5, 0.6) is 5.75 Å². The van der Waals surface area contributed by atoms with Gasteiger partial charge < -0.3 is 15.0 Å². The van der Waals surface area contributed by atoms with Crippen molar-refractivity contribution in [2.75, 3.05) is 39.6 Å². The van der Waals surface area contributed by atoms with E-state index in [1.54, 1.807) is 37.1 Å². The fourth-order valence-electron chi connectivity index (χ4n) is 3.31. The van der Waals surface area contributed by atoms with Gasteiger partial charge in [0, 0.05) is 19.3 Å². The number of rotatable bonds is 8. The van der Waals surface area contributed by atoms with Crippen molar-refractivity contribution in [1.82, 2.24) is 14.8 Å². The van der Waals surface area contributed by atoms with E-state index in [1.165, 1.54) is 0 Å². The van der Waals surface area contributed by atoms with Crippen LogP contribution < -0.4 is 10.1 Å². The van der Waals surface area contributed by atoms with E-state index in [4.69, 9.17) is 4.74 Å². The minimum Gasteiger partial charge on any atom is -0.497 e. The number of nitrogens with zero attached hydrogens (tertiary/aromatic N) is 3. The van der Waals surface area contributed by atoms with Gasteiger partial charge in [-0.2, -0.15) is 0 Å². The Morgan fingerprint density at radius 2 is 1.74 bits per heavy atom. The Kier molecular flexibility index (Phi) is 7.20. The van der Waals surface area contributed by atoms with E-state index < -0.39 is 0 Å². The van der Waals surface area contributed by atoms with Crippen molar-refractivity contribution in [3.05, 3.63) is 65.9 Å². The summed E-state index contributed by atoms with van der Waals surface area (Å²) in [5.74, 6) is 1.06. The Bertz CT molecular complexity index is 1080. The predicted octanol–water partition coefficient (Wildman–Crippen LogP) is 3.08. The molecule has 0 bridgehead atoms. The number of pyridine rings is 1. The monoisotopic (exact) mass is 420 g/mol. The zero-order valence-electron chi connectivity index (χ0n) is 18.4. The SMILES string of the molecule is COc1ccc2cc(CN(C)C(=O)CN(C)CC(=O)Nc3cccc(C)n3)ccc2c1. The number of carbonyl (C=O) groups excluding carboxylic acids is 2. The lowest BCUT2D eigenvalue weighted by molar-refractivity contribution is -0.131. The highest BCUT2D eigenvalue weighted by Crippen LogP contribution is 2.22. The van der Waals surface area contributed by atoms with Crippen molar-refractivity contribution < 1.29 is 14.3 Å². The fourth-order valence-corrected chi connectivity index (χ4v) is 3.31. The number of aryl methyl sites for hydroxylation is 1. The largest absolute Gasteiger partial charge is 0.497 e. The van der Waals surface area contributed by atoms with Gasteiger partial charge in [0.15, 0.2) is 0 Å². The number of benzene rings is 2. The Hall–Kier alpha value is -3.45. The van der Waals surface area contributed by atoms with Gasteiger partial charge in [-0.05, 0) is 60.6 Å². The van der Waals surface area contributed by atoms with Crippen LogP contribution in [-0.4, -0.2) is 60.9 Å². The van der Waals surface area contributed by atoms with Gasteiger partial charge in [0.2, 0.25) is 11.8 Å². The fraction of sp³-hybridized carbons (Fsp3) is 0.292. The summed E-state index contributed by atoms with van der Waals surface area (Å²) >= 11 is 0. The van der Waals surface area contributed by atoms with E-state index >= 15 is 0 Å². The van der Waals surface area contributed by atoms with Crippen LogP contribution >= 0.6 is 0 Å². The quantitative estimate of drug-likeness (QED) is 0.606. The maximum atomic E-state index is 12.6. The molecule has 162 valence electrons. The molecule has 1 heterocycles. The Labute approximate surface area is 182 Å². The van der Waals surface area contributed by atoms with E-state index in [0.717, 1.165) is 27.8 Å². The highest BCUT2D eigenvalue weighted by Gasteiger charge is 2.15. The molecule has 3 rings (SSSR count). The number of hydrogen-bond donors (Lipinski definition) is 1. The Morgan fingerprint density at radius 3 is 2.48 bits per heavy atom. The van der Waals surface area contributed by atoms with Crippen LogP contribution in [0.1, 0.15) is 11.3 Å². The molecule has 0 atom stereocenters. The lowest BCUT2D eigenvalue weighted by Gasteiger charge is -2.22. The van der Waals surface area contributed by atoms with Gasteiger partial charge in [-0.15, -0.1) is 0 Å². The van der Waals surface area contributed by atoms with Gasteiger partial charge in [0.25, 0.3) is 0 Å². The molecule has 1 N–H and O–H groups in total. The summed E-state index contributed by atoms with van der Waals surface area (Å²) in [4.78, 5) is 32.4. The molecule has 0 unspecified atom stereocenters. The van der Waals surface area contributed by atoms with E-state index in [9.17, 15) is 9.59 Å². The van der Waals surface area contributed by atoms with Crippen LogP contribution in [0.4, 0.5) is 5.82 Å². The van der Waals surface area contributed by atoms with Crippen LogP contribution in [0.15, 0.2) is 54.6 Å². The number of hydrogen-bond acceptors (Lipinski definition) is 5. The van der Waals surface area contributed by atoms with E-state index in [0.29, 0.717) is 12.4 Å². The second kappa shape index (κ2) is 10.0. The third kappa shape index (κ3) is 6.26. The molecule has 0 radical (unpaired) electrons. The number of carbonyl (C=O) groups is 2. The van der Waals surface area contributed by atoms with Crippen LogP contribution in [0.25, 0.3) is 10.8 Å². The Morgan fingerprint density at radius 1 is 1.00 bits per heavy atom. The molecule has 31 heavy (non-hydrogen) atoms. The summed E-state index contributed by atoms with van der Waals surface area (Å²) in [6, 6.07) is 17.5. The number of aromatic nitrogens is 1. The van der Waals surface area contributed by atoms with Crippen molar-refractivity contribution in [2.45, 2.75) is 13.5 Å². The van der Waals surface area contributed by atoms with E-state index in [2.05, 4.69) is 16.4 Å². The normalized spacial score (nSPS) is 10.9. The second-order valence-corrected chi connectivity index (χ2v) is 7.68. The van der Waals surface area contributed by atoms with Crippen LogP contribution in [0, 0.1) is 6.92 Å². The molecule has 3 aromatic rings. The van der Waals surface area contributed by atoms with Gasteiger partial charge in [0.1, 0.15) is 11.6 Å². The van der Waals surface area contributed by atoms with Crippen molar-refractivity contribution in [3.63, 3.8) is 0 Å². The molecule has 0 aliphatic heterocycles. The molecule has 1 aromatic heterocycles. The van der Waals surface area contributed by atoms with Gasteiger partial charge in [-0.25, -0.2) is 4.98 Å². The number of nitrogens with one attached hydrogen (secondary N) is 1. The molecular formula is C24H28N4O3. The molecule has 0 saturated heterocycles. The van der Waals surface area contributed by atoms with Crippen molar-refractivity contribution >= 4 is 28.4 Å². The molecule has 2 aromatic carbocycles. The van der Waals surface area contributed by atoms with Gasteiger partial charge in [-0.1, -0.05) is 24.3 Å². The third-order valence-electron chi connectivity index (χ3n) is 4.93.